The zero-order valence-electron chi connectivity index (χ0n) is 19.9. The molecular weight excluding hydrogens is 388 g/mol. The van der Waals surface area contributed by atoms with Crippen LogP contribution < -0.4 is 0 Å². The van der Waals surface area contributed by atoms with E-state index >= 15 is 0 Å². The molecule has 0 aromatic carbocycles. The Bertz CT molecular complexity index is 763. The van der Waals surface area contributed by atoms with Gasteiger partial charge in [0.2, 0.25) is 0 Å². The molecule has 0 spiro atoms. The fourth-order valence-electron chi connectivity index (χ4n) is 9.72. The van der Waals surface area contributed by atoms with Crippen molar-refractivity contribution in [3.8, 4) is 0 Å². The van der Waals surface area contributed by atoms with Gasteiger partial charge in [0.15, 0.2) is 0 Å². The Labute approximate surface area is 187 Å². The van der Waals surface area contributed by atoms with Gasteiger partial charge in [-0.1, -0.05) is 0 Å². The maximum atomic E-state index is 14.0. The van der Waals surface area contributed by atoms with Gasteiger partial charge >= 0.3 is 11.9 Å². The highest BCUT2D eigenvalue weighted by atomic mass is 16.6. The molecule has 0 amide bonds. The number of hydrogen-bond acceptors (Lipinski definition) is 4. The molecule has 8 fully saturated rings. The maximum absolute atomic E-state index is 14.0. The van der Waals surface area contributed by atoms with Gasteiger partial charge in [0, 0.05) is 0 Å². The first kappa shape index (κ1) is 20.5. The van der Waals surface area contributed by atoms with Gasteiger partial charge in [-0.05, 0) is 134 Å². The minimum atomic E-state index is -0.484. The summed E-state index contributed by atoms with van der Waals surface area (Å²) in [7, 11) is 0. The van der Waals surface area contributed by atoms with Crippen molar-refractivity contribution in [2.45, 2.75) is 110 Å². The van der Waals surface area contributed by atoms with Crippen LogP contribution in [0.15, 0.2) is 0 Å². The van der Waals surface area contributed by atoms with Gasteiger partial charge in [-0.15, -0.1) is 0 Å². The van der Waals surface area contributed by atoms with Crippen molar-refractivity contribution in [2.75, 3.05) is 0 Å². The first-order valence-corrected chi connectivity index (χ1v) is 13.0. The Morgan fingerprint density at radius 2 is 1.16 bits per heavy atom. The molecule has 2 unspecified atom stereocenters. The lowest BCUT2D eigenvalue weighted by atomic mass is 9.44. The molecule has 8 aliphatic carbocycles. The molecule has 8 bridgehead atoms. The van der Waals surface area contributed by atoms with Gasteiger partial charge in [0.1, 0.15) is 11.2 Å². The highest BCUT2D eigenvalue weighted by Crippen LogP contribution is 2.67. The maximum Gasteiger partial charge on any atom is 0.312 e. The van der Waals surface area contributed by atoms with E-state index in [-0.39, 0.29) is 17.5 Å². The predicted octanol–water partition coefficient (Wildman–Crippen LogP) is 5.67. The molecule has 0 saturated heterocycles. The summed E-state index contributed by atoms with van der Waals surface area (Å²) >= 11 is 0. The smallest absolute Gasteiger partial charge is 0.312 e. The van der Waals surface area contributed by atoms with Crippen molar-refractivity contribution in [3.05, 3.63) is 0 Å². The largest absolute Gasteiger partial charge is 0.460 e. The third-order valence-corrected chi connectivity index (χ3v) is 10.4. The molecule has 0 aromatic heterocycles. The second-order valence-corrected chi connectivity index (χ2v) is 13.9. The number of ether oxygens (including phenoxy) is 2. The minimum absolute atomic E-state index is 0.0320. The summed E-state index contributed by atoms with van der Waals surface area (Å²) in [5.41, 5.74) is -1.70. The quantitative estimate of drug-likeness (QED) is 0.543. The molecule has 4 heteroatoms. The van der Waals surface area contributed by atoms with Gasteiger partial charge < -0.3 is 9.47 Å². The van der Waals surface area contributed by atoms with Crippen LogP contribution in [0.4, 0.5) is 0 Å². The van der Waals surface area contributed by atoms with Crippen LogP contribution in [-0.4, -0.2) is 23.1 Å². The Hall–Kier alpha value is -1.06. The average molecular weight is 429 g/mol. The number of carbonyl (C=O) groups is 2. The van der Waals surface area contributed by atoms with Crippen LogP contribution in [0.3, 0.4) is 0 Å². The average Bonchev–Trinajstić information content (AvgIpc) is 2.63. The van der Waals surface area contributed by atoms with E-state index in [2.05, 4.69) is 6.92 Å². The molecule has 8 aliphatic rings. The molecule has 31 heavy (non-hydrogen) atoms. The molecule has 0 N–H and O–H groups in total. The van der Waals surface area contributed by atoms with Crippen molar-refractivity contribution < 1.29 is 19.1 Å². The van der Waals surface area contributed by atoms with Gasteiger partial charge in [-0.3, -0.25) is 9.59 Å². The summed E-state index contributed by atoms with van der Waals surface area (Å²) in [6, 6.07) is 0. The first-order chi connectivity index (χ1) is 14.5. The normalized spacial score (nSPS) is 51.7. The van der Waals surface area contributed by atoms with E-state index < -0.39 is 16.4 Å². The number of hydrogen-bond donors (Lipinski definition) is 0. The topological polar surface area (TPSA) is 52.6 Å². The molecule has 0 aromatic rings. The third-order valence-electron chi connectivity index (χ3n) is 10.4. The summed E-state index contributed by atoms with van der Waals surface area (Å²) in [6.45, 7) is 8.09. The summed E-state index contributed by atoms with van der Waals surface area (Å²) in [5, 5.41) is 0. The number of carbonyl (C=O) groups excluding carboxylic acids is 2. The zero-order valence-corrected chi connectivity index (χ0v) is 19.9. The van der Waals surface area contributed by atoms with E-state index in [1.165, 1.54) is 38.5 Å². The Morgan fingerprint density at radius 3 is 1.65 bits per heavy atom. The van der Waals surface area contributed by atoms with Crippen LogP contribution in [0, 0.1) is 46.3 Å². The first-order valence-electron chi connectivity index (χ1n) is 13.0. The summed E-state index contributed by atoms with van der Waals surface area (Å²) in [5.74, 6) is 3.72. The van der Waals surface area contributed by atoms with Gasteiger partial charge in [0.25, 0.3) is 0 Å². The molecule has 0 aliphatic heterocycles. The molecule has 8 rings (SSSR count). The number of esters is 2. The highest BCUT2D eigenvalue weighted by molar-refractivity contribution is 5.83. The minimum Gasteiger partial charge on any atom is -0.460 e. The fraction of sp³-hybridized carbons (Fsp3) is 0.926. The van der Waals surface area contributed by atoms with Crippen molar-refractivity contribution >= 4 is 11.9 Å². The number of rotatable bonds is 3. The SMILES string of the molecule is CC(C)(C)OC(=O)C12CC3CC(C1)CC(C(=O)OC1(C)C4CC5CC(C4)CC1C5)(C3)C2. The molecule has 8 saturated carbocycles. The highest BCUT2D eigenvalue weighted by Gasteiger charge is 2.66. The van der Waals surface area contributed by atoms with E-state index in [0.717, 1.165) is 37.5 Å². The molecule has 0 radical (unpaired) electrons. The second kappa shape index (κ2) is 6.29. The van der Waals surface area contributed by atoms with E-state index in [1.807, 2.05) is 20.8 Å². The van der Waals surface area contributed by atoms with Crippen LogP contribution in [0.1, 0.15) is 98.3 Å². The van der Waals surface area contributed by atoms with Crippen molar-refractivity contribution in [3.63, 3.8) is 0 Å². The molecular formula is C27H40O4. The fourth-order valence-corrected chi connectivity index (χ4v) is 9.72. The molecule has 4 nitrogen and oxygen atoms in total. The molecule has 2 atom stereocenters. The Kier molecular flexibility index (Phi) is 4.17. The summed E-state index contributed by atoms with van der Waals surface area (Å²) in [4.78, 5) is 27.3. The van der Waals surface area contributed by atoms with E-state index in [9.17, 15) is 9.59 Å². The van der Waals surface area contributed by atoms with Crippen molar-refractivity contribution in [1.82, 2.24) is 0 Å². The van der Waals surface area contributed by atoms with Gasteiger partial charge in [0.05, 0.1) is 10.8 Å². The zero-order chi connectivity index (χ0) is 21.8. The molecule has 0 heterocycles. The standard InChI is InChI=1S/C27H40O4/c1-24(2,3)30-22(28)26-11-18-6-19(12-26)14-27(13-18,15-26)23(29)31-25(4)20-7-16-5-17(9-20)10-21(25)8-16/h16-21H,5-15H2,1-4H3. The van der Waals surface area contributed by atoms with Crippen molar-refractivity contribution in [2.24, 2.45) is 46.3 Å². The molecule has 172 valence electrons. The van der Waals surface area contributed by atoms with Crippen LogP contribution in [0.2, 0.25) is 0 Å². The lowest BCUT2D eigenvalue weighted by Gasteiger charge is -2.62. The monoisotopic (exact) mass is 428 g/mol. The Balaban J connectivity index is 1.26. The van der Waals surface area contributed by atoms with Gasteiger partial charge in [-0.25, -0.2) is 0 Å². The van der Waals surface area contributed by atoms with Crippen LogP contribution in [0.5, 0.6) is 0 Å². The lowest BCUT2D eigenvalue weighted by molar-refractivity contribution is -0.228. The van der Waals surface area contributed by atoms with Crippen LogP contribution in [0.25, 0.3) is 0 Å². The summed E-state index contributed by atoms with van der Waals surface area (Å²) < 4.78 is 12.5. The van der Waals surface area contributed by atoms with E-state index in [4.69, 9.17) is 9.47 Å². The predicted molar refractivity (Wildman–Crippen MR) is 117 cm³/mol. The third kappa shape index (κ3) is 3.05. The Morgan fingerprint density at radius 1 is 0.710 bits per heavy atom. The summed E-state index contributed by atoms with van der Waals surface area (Å²) in [6.07, 6.45) is 11.9. The van der Waals surface area contributed by atoms with E-state index in [1.54, 1.807) is 0 Å². The second-order valence-electron chi connectivity index (χ2n) is 13.9. The van der Waals surface area contributed by atoms with Crippen LogP contribution in [-0.2, 0) is 19.1 Å². The van der Waals surface area contributed by atoms with E-state index in [0.29, 0.717) is 30.1 Å². The van der Waals surface area contributed by atoms with Gasteiger partial charge in [-0.2, -0.15) is 0 Å². The van der Waals surface area contributed by atoms with Crippen LogP contribution >= 0.6 is 0 Å². The lowest BCUT2D eigenvalue weighted by Crippen LogP contribution is -2.62. The van der Waals surface area contributed by atoms with Crippen molar-refractivity contribution in [1.29, 1.82) is 0 Å².